The Kier molecular flexibility index (Phi) is 4.17. The van der Waals surface area contributed by atoms with E-state index in [0.29, 0.717) is 18.2 Å². The van der Waals surface area contributed by atoms with Crippen molar-refractivity contribution in [2.24, 2.45) is 0 Å². The summed E-state index contributed by atoms with van der Waals surface area (Å²) < 4.78 is 52.3. The van der Waals surface area contributed by atoms with Gasteiger partial charge in [-0.15, -0.1) is 0 Å². The van der Waals surface area contributed by atoms with Crippen LogP contribution in [-0.2, 0) is 10.0 Å². The van der Waals surface area contributed by atoms with Gasteiger partial charge in [0.05, 0.1) is 20.6 Å². The third-order valence-corrected chi connectivity index (χ3v) is 4.51. The van der Waals surface area contributed by atoms with E-state index in [2.05, 4.69) is 4.72 Å². The number of benzene rings is 2. The van der Waals surface area contributed by atoms with Gasteiger partial charge in [-0.1, -0.05) is 29.3 Å². The van der Waals surface area contributed by atoms with Crippen LogP contribution in [0.2, 0.25) is 10.0 Å². The third-order valence-electron chi connectivity index (χ3n) is 2.34. The fourth-order valence-electron chi connectivity index (χ4n) is 1.47. The summed E-state index contributed by atoms with van der Waals surface area (Å²) in [6.45, 7) is 0. The molecule has 0 aliphatic carbocycles. The quantitative estimate of drug-likeness (QED) is 0.917. The van der Waals surface area contributed by atoms with Gasteiger partial charge in [-0.05, 0) is 24.3 Å². The lowest BCUT2D eigenvalue weighted by molar-refractivity contribution is 0.568. The summed E-state index contributed by atoms with van der Waals surface area (Å²) in [7, 11) is -4.17. The SMILES string of the molecule is O=S(=O)(Nc1cccc(Cl)c1Cl)c1cc(F)cc(F)c1. The minimum absolute atomic E-state index is 0.00498. The molecule has 20 heavy (non-hydrogen) atoms. The van der Waals surface area contributed by atoms with Crippen LogP contribution in [0.3, 0.4) is 0 Å². The molecule has 0 aromatic heterocycles. The lowest BCUT2D eigenvalue weighted by atomic mass is 10.3. The minimum atomic E-state index is -4.17. The zero-order valence-corrected chi connectivity index (χ0v) is 12.0. The van der Waals surface area contributed by atoms with E-state index >= 15 is 0 Å². The summed E-state index contributed by atoms with van der Waals surface area (Å²) >= 11 is 11.6. The molecular weight excluding hydrogens is 331 g/mol. The first-order chi connectivity index (χ1) is 9.29. The second-order valence-corrected chi connectivity index (χ2v) is 6.28. The summed E-state index contributed by atoms with van der Waals surface area (Å²) in [6.07, 6.45) is 0. The van der Waals surface area contributed by atoms with Gasteiger partial charge in [-0.2, -0.15) is 0 Å². The lowest BCUT2D eigenvalue weighted by Gasteiger charge is -2.10. The molecular formula is C12H7Cl2F2NO2S. The molecule has 0 amide bonds. The fourth-order valence-corrected chi connectivity index (χ4v) is 2.99. The van der Waals surface area contributed by atoms with Crippen LogP contribution < -0.4 is 4.72 Å². The molecule has 1 N–H and O–H groups in total. The normalized spacial score (nSPS) is 11.4. The van der Waals surface area contributed by atoms with Crippen LogP contribution in [0.25, 0.3) is 0 Å². The predicted molar refractivity (Wildman–Crippen MR) is 73.6 cm³/mol. The standard InChI is InChI=1S/C12H7Cl2F2NO2S/c13-10-2-1-3-11(12(10)14)17-20(18,19)9-5-7(15)4-8(16)6-9/h1-6,17H. The molecule has 8 heteroatoms. The number of nitrogens with one attached hydrogen (secondary N) is 1. The van der Waals surface area contributed by atoms with Gasteiger partial charge in [0, 0.05) is 6.07 Å². The zero-order valence-electron chi connectivity index (χ0n) is 9.70. The Morgan fingerprint density at radius 1 is 1.00 bits per heavy atom. The first kappa shape index (κ1) is 15.0. The van der Waals surface area contributed by atoms with Gasteiger partial charge in [0.2, 0.25) is 0 Å². The van der Waals surface area contributed by atoms with Gasteiger partial charge in [0.1, 0.15) is 11.6 Å². The molecule has 106 valence electrons. The molecule has 0 saturated carbocycles. The first-order valence-electron chi connectivity index (χ1n) is 5.22. The highest BCUT2D eigenvalue weighted by Crippen LogP contribution is 2.31. The zero-order chi connectivity index (χ0) is 14.9. The first-order valence-corrected chi connectivity index (χ1v) is 7.46. The monoisotopic (exact) mass is 337 g/mol. The number of halogens is 4. The van der Waals surface area contributed by atoms with E-state index in [9.17, 15) is 17.2 Å². The molecule has 0 fully saturated rings. The van der Waals surface area contributed by atoms with E-state index in [4.69, 9.17) is 23.2 Å². The molecule has 2 aromatic rings. The van der Waals surface area contributed by atoms with Crippen LogP contribution >= 0.6 is 23.2 Å². The minimum Gasteiger partial charge on any atom is -0.278 e. The summed E-state index contributed by atoms with van der Waals surface area (Å²) in [6, 6.07) is 6.31. The van der Waals surface area contributed by atoms with E-state index in [-0.39, 0.29) is 15.7 Å². The molecule has 2 aromatic carbocycles. The van der Waals surface area contributed by atoms with Gasteiger partial charge >= 0.3 is 0 Å². The summed E-state index contributed by atoms with van der Waals surface area (Å²) in [4.78, 5) is -0.550. The van der Waals surface area contributed by atoms with Crippen molar-refractivity contribution in [1.29, 1.82) is 0 Å². The molecule has 0 aliphatic rings. The number of hydrogen-bond acceptors (Lipinski definition) is 2. The van der Waals surface area contributed by atoms with Crippen LogP contribution in [0.4, 0.5) is 14.5 Å². The Bertz CT molecular complexity index is 746. The molecule has 2 rings (SSSR count). The van der Waals surface area contributed by atoms with Crippen LogP contribution in [0, 0.1) is 11.6 Å². The maximum Gasteiger partial charge on any atom is 0.262 e. The average Bonchev–Trinajstić information content (AvgIpc) is 2.33. The molecule has 0 unspecified atom stereocenters. The number of anilines is 1. The van der Waals surface area contributed by atoms with Gasteiger partial charge in [-0.3, -0.25) is 4.72 Å². The summed E-state index contributed by atoms with van der Waals surface area (Å²) in [5.74, 6) is -2.00. The summed E-state index contributed by atoms with van der Waals surface area (Å²) in [5.41, 5.74) is 0.0174. The predicted octanol–water partition coefficient (Wildman–Crippen LogP) is 4.07. The molecule has 0 bridgehead atoms. The molecule has 0 spiro atoms. The Morgan fingerprint density at radius 2 is 1.60 bits per heavy atom. The second kappa shape index (κ2) is 5.55. The van der Waals surface area contributed by atoms with Crippen molar-refractivity contribution in [2.75, 3.05) is 4.72 Å². The van der Waals surface area contributed by atoms with Crippen molar-refractivity contribution in [3.05, 3.63) is 58.1 Å². The Morgan fingerprint density at radius 3 is 2.20 bits per heavy atom. The van der Waals surface area contributed by atoms with Crippen LogP contribution in [0.1, 0.15) is 0 Å². The van der Waals surface area contributed by atoms with Gasteiger partial charge < -0.3 is 0 Å². The topological polar surface area (TPSA) is 46.2 Å². The van der Waals surface area contributed by atoms with Crippen LogP contribution in [0.15, 0.2) is 41.3 Å². The highest BCUT2D eigenvalue weighted by molar-refractivity contribution is 7.92. The lowest BCUT2D eigenvalue weighted by Crippen LogP contribution is -2.14. The Hall–Kier alpha value is -1.37. The van der Waals surface area contributed by atoms with Crippen LogP contribution in [-0.4, -0.2) is 8.42 Å². The van der Waals surface area contributed by atoms with Crippen molar-refractivity contribution in [1.82, 2.24) is 0 Å². The molecule has 0 heterocycles. The van der Waals surface area contributed by atoms with E-state index < -0.39 is 26.6 Å². The van der Waals surface area contributed by atoms with Crippen molar-refractivity contribution in [2.45, 2.75) is 4.90 Å². The molecule has 0 atom stereocenters. The fraction of sp³-hybridized carbons (Fsp3) is 0. The highest BCUT2D eigenvalue weighted by atomic mass is 35.5. The number of hydrogen-bond donors (Lipinski definition) is 1. The Labute approximate surface area is 124 Å². The Balaban J connectivity index is 2.43. The van der Waals surface area contributed by atoms with Crippen molar-refractivity contribution in [3.63, 3.8) is 0 Å². The highest BCUT2D eigenvalue weighted by Gasteiger charge is 2.18. The summed E-state index contributed by atoms with van der Waals surface area (Å²) in [5, 5.41) is 0.145. The number of sulfonamides is 1. The van der Waals surface area contributed by atoms with Gasteiger partial charge in [0.25, 0.3) is 10.0 Å². The smallest absolute Gasteiger partial charge is 0.262 e. The third kappa shape index (κ3) is 3.20. The molecule has 3 nitrogen and oxygen atoms in total. The van der Waals surface area contributed by atoms with Crippen LogP contribution in [0.5, 0.6) is 0 Å². The van der Waals surface area contributed by atoms with E-state index in [1.165, 1.54) is 18.2 Å². The molecule has 0 aliphatic heterocycles. The maximum absolute atomic E-state index is 13.1. The average molecular weight is 338 g/mol. The second-order valence-electron chi connectivity index (χ2n) is 3.81. The number of rotatable bonds is 3. The van der Waals surface area contributed by atoms with Crippen molar-refractivity contribution < 1.29 is 17.2 Å². The largest absolute Gasteiger partial charge is 0.278 e. The van der Waals surface area contributed by atoms with E-state index in [1.54, 1.807) is 0 Å². The molecule has 0 radical (unpaired) electrons. The van der Waals surface area contributed by atoms with Crippen molar-refractivity contribution >= 4 is 38.9 Å². The van der Waals surface area contributed by atoms with E-state index in [1.807, 2.05) is 0 Å². The van der Waals surface area contributed by atoms with E-state index in [0.717, 1.165) is 0 Å². The van der Waals surface area contributed by atoms with Gasteiger partial charge in [0.15, 0.2) is 0 Å². The molecule has 0 saturated heterocycles. The van der Waals surface area contributed by atoms with Gasteiger partial charge in [-0.25, -0.2) is 17.2 Å². The van der Waals surface area contributed by atoms with Crippen molar-refractivity contribution in [3.8, 4) is 0 Å². The maximum atomic E-state index is 13.1.